The molecule has 2 rings (SSSR count). The minimum Gasteiger partial charge on any atom is -0.497 e. The fraction of sp³-hybridized carbons (Fsp3) is 0.417. The molecule has 0 radical (unpaired) electrons. The Labute approximate surface area is 189 Å². The zero-order valence-electron chi connectivity index (χ0n) is 18.8. The molecule has 0 saturated heterocycles. The molecule has 6 nitrogen and oxygen atoms in total. The molecule has 0 fully saturated rings. The Morgan fingerprint density at radius 3 is 2.39 bits per heavy atom. The van der Waals surface area contributed by atoms with Gasteiger partial charge in [-0.15, -0.1) is 0 Å². The van der Waals surface area contributed by atoms with Crippen molar-refractivity contribution in [1.82, 2.24) is 10.2 Å². The van der Waals surface area contributed by atoms with Gasteiger partial charge in [0.15, 0.2) is 6.61 Å². The lowest BCUT2D eigenvalue weighted by Crippen LogP contribution is -2.54. The fourth-order valence-electron chi connectivity index (χ4n) is 3.12. The Hall–Kier alpha value is -2.73. The molecule has 0 unspecified atom stereocenters. The molecule has 7 heteroatoms. The van der Waals surface area contributed by atoms with Crippen LogP contribution in [0.15, 0.2) is 48.5 Å². The fourth-order valence-corrected chi connectivity index (χ4v) is 3.30. The minimum absolute atomic E-state index is 0.200. The summed E-state index contributed by atoms with van der Waals surface area (Å²) in [7, 11) is 1.59. The van der Waals surface area contributed by atoms with Crippen LogP contribution in [0.3, 0.4) is 0 Å². The molecule has 0 aromatic heterocycles. The third-order valence-corrected chi connectivity index (χ3v) is 4.76. The van der Waals surface area contributed by atoms with Crippen molar-refractivity contribution in [1.29, 1.82) is 0 Å². The SMILES string of the molecule is CC[C@@H](C(=O)NC(C)(C)C)N(Cc1cccc(OC)c1)C(=O)COc1cccc(Cl)c1. The number of halogens is 1. The monoisotopic (exact) mass is 446 g/mol. The summed E-state index contributed by atoms with van der Waals surface area (Å²) >= 11 is 5.99. The summed E-state index contributed by atoms with van der Waals surface area (Å²) in [5, 5.41) is 3.50. The molecule has 1 N–H and O–H groups in total. The largest absolute Gasteiger partial charge is 0.497 e. The molecule has 0 saturated carbocycles. The number of carbonyl (C=O) groups excluding carboxylic acids is 2. The molecule has 2 aromatic rings. The normalized spacial score (nSPS) is 12.1. The highest BCUT2D eigenvalue weighted by atomic mass is 35.5. The number of rotatable bonds is 9. The van der Waals surface area contributed by atoms with Crippen LogP contribution in [0.5, 0.6) is 11.5 Å². The lowest BCUT2D eigenvalue weighted by molar-refractivity contribution is -0.143. The standard InChI is InChI=1S/C24H31ClN2O4/c1-6-21(23(29)26-24(2,3)4)27(15-17-9-7-11-19(13-17)30-5)22(28)16-31-20-12-8-10-18(25)14-20/h7-14,21H,6,15-16H2,1-5H3,(H,26,29)/t21-/m0/s1. The summed E-state index contributed by atoms with van der Waals surface area (Å²) < 4.78 is 10.9. The van der Waals surface area contributed by atoms with Gasteiger partial charge in [-0.1, -0.05) is 36.7 Å². The third kappa shape index (κ3) is 7.79. The molecule has 168 valence electrons. The third-order valence-electron chi connectivity index (χ3n) is 4.53. The van der Waals surface area contributed by atoms with E-state index in [0.29, 0.717) is 22.9 Å². The first-order chi connectivity index (χ1) is 14.6. The molecule has 0 aliphatic heterocycles. The lowest BCUT2D eigenvalue weighted by atomic mass is 10.1. The molecule has 0 aliphatic rings. The quantitative estimate of drug-likeness (QED) is 0.617. The number of benzene rings is 2. The Morgan fingerprint density at radius 2 is 1.77 bits per heavy atom. The van der Waals surface area contributed by atoms with Crippen LogP contribution in [0.1, 0.15) is 39.7 Å². The summed E-state index contributed by atoms with van der Waals surface area (Å²) in [6.45, 7) is 7.67. The molecule has 2 aromatic carbocycles. The highest BCUT2D eigenvalue weighted by Crippen LogP contribution is 2.20. The predicted molar refractivity (Wildman–Crippen MR) is 122 cm³/mol. The Morgan fingerprint density at radius 1 is 1.10 bits per heavy atom. The number of hydrogen-bond acceptors (Lipinski definition) is 4. The second-order valence-corrected chi connectivity index (χ2v) is 8.72. The number of ether oxygens (including phenoxy) is 2. The number of amides is 2. The molecule has 31 heavy (non-hydrogen) atoms. The predicted octanol–water partition coefficient (Wildman–Crippen LogP) is 4.45. The summed E-state index contributed by atoms with van der Waals surface area (Å²) in [4.78, 5) is 27.7. The van der Waals surface area contributed by atoms with E-state index in [1.54, 1.807) is 36.3 Å². The van der Waals surface area contributed by atoms with Crippen molar-refractivity contribution in [3.63, 3.8) is 0 Å². The van der Waals surface area contributed by atoms with E-state index in [0.717, 1.165) is 5.56 Å². The topological polar surface area (TPSA) is 67.9 Å². The van der Waals surface area contributed by atoms with E-state index in [1.165, 1.54) is 0 Å². The summed E-state index contributed by atoms with van der Waals surface area (Å²) in [6.07, 6.45) is 0.467. The minimum atomic E-state index is -0.638. The molecule has 0 bridgehead atoms. The van der Waals surface area contributed by atoms with Gasteiger partial charge in [0, 0.05) is 17.1 Å². The Kier molecular flexibility index (Phi) is 8.75. The zero-order valence-corrected chi connectivity index (χ0v) is 19.5. The van der Waals surface area contributed by atoms with Crippen molar-refractivity contribution in [3.8, 4) is 11.5 Å². The number of methoxy groups -OCH3 is 1. The van der Waals surface area contributed by atoms with E-state index < -0.39 is 11.6 Å². The van der Waals surface area contributed by atoms with Gasteiger partial charge >= 0.3 is 0 Å². The highest BCUT2D eigenvalue weighted by Gasteiger charge is 2.31. The molecule has 0 heterocycles. The van der Waals surface area contributed by atoms with Crippen molar-refractivity contribution in [2.75, 3.05) is 13.7 Å². The van der Waals surface area contributed by atoms with E-state index in [2.05, 4.69) is 5.32 Å². The number of nitrogens with zero attached hydrogens (tertiary/aromatic N) is 1. The van der Waals surface area contributed by atoms with E-state index in [9.17, 15) is 9.59 Å². The van der Waals surface area contributed by atoms with E-state index >= 15 is 0 Å². The summed E-state index contributed by atoms with van der Waals surface area (Å²) in [5.74, 6) is 0.689. The average Bonchev–Trinajstić information content (AvgIpc) is 2.70. The maximum absolute atomic E-state index is 13.2. The molecular formula is C24H31ClN2O4. The maximum Gasteiger partial charge on any atom is 0.261 e. The lowest BCUT2D eigenvalue weighted by Gasteiger charge is -2.33. The summed E-state index contributed by atoms with van der Waals surface area (Å²) in [5.41, 5.74) is 0.449. The molecule has 2 amide bonds. The van der Waals surface area contributed by atoms with Gasteiger partial charge < -0.3 is 19.7 Å². The van der Waals surface area contributed by atoms with Crippen LogP contribution in [0, 0.1) is 0 Å². The smallest absolute Gasteiger partial charge is 0.261 e. The first-order valence-electron chi connectivity index (χ1n) is 10.3. The number of carbonyl (C=O) groups is 2. The van der Waals surface area contributed by atoms with Crippen LogP contribution in [0.2, 0.25) is 5.02 Å². The van der Waals surface area contributed by atoms with Crippen LogP contribution in [0.25, 0.3) is 0 Å². The van der Waals surface area contributed by atoms with Gasteiger partial charge in [0.2, 0.25) is 5.91 Å². The van der Waals surface area contributed by atoms with Gasteiger partial charge in [-0.05, 0) is 63.1 Å². The van der Waals surface area contributed by atoms with Gasteiger partial charge in [-0.3, -0.25) is 9.59 Å². The van der Waals surface area contributed by atoms with Crippen molar-refractivity contribution in [2.24, 2.45) is 0 Å². The first-order valence-corrected chi connectivity index (χ1v) is 10.6. The van der Waals surface area contributed by atoms with Gasteiger partial charge in [0.25, 0.3) is 5.91 Å². The highest BCUT2D eigenvalue weighted by molar-refractivity contribution is 6.30. The molecule has 0 aliphatic carbocycles. The van der Waals surface area contributed by atoms with Crippen molar-refractivity contribution in [3.05, 3.63) is 59.1 Å². The second kappa shape index (κ2) is 11.0. The summed E-state index contributed by atoms with van der Waals surface area (Å²) in [6, 6.07) is 13.7. The van der Waals surface area contributed by atoms with Gasteiger partial charge in [0.05, 0.1) is 7.11 Å². The van der Waals surface area contributed by atoms with Crippen LogP contribution < -0.4 is 14.8 Å². The van der Waals surface area contributed by atoms with E-state index in [4.69, 9.17) is 21.1 Å². The van der Waals surface area contributed by atoms with Crippen LogP contribution in [-0.2, 0) is 16.1 Å². The van der Waals surface area contributed by atoms with Gasteiger partial charge in [-0.2, -0.15) is 0 Å². The first kappa shape index (κ1) is 24.5. The molecular weight excluding hydrogens is 416 g/mol. The van der Waals surface area contributed by atoms with E-state index in [1.807, 2.05) is 52.0 Å². The second-order valence-electron chi connectivity index (χ2n) is 8.28. The molecule has 1 atom stereocenters. The maximum atomic E-state index is 13.2. The van der Waals surface area contributed by atoms with Crippen molar-refractivity contribution < 1.29 is 19.1 Å². The number of nitrogens with one attached hydrogen (secondary N) is 1. The Bertz CT molecular complexity index is 895. The Balaban J connectivity index is 2.26. The van der Waals surface area contributed by atoms with Crippen LogP contribution >= 0.6 is 11.6 Å². The average molecular weight is 447 g/mol. The van der Waals surface area contributed by atoms with Crippen molar-refractivity contribution in [2.45, 2.75) is 52.2 Å². The van der Waals surface area contributed by atoms with Gasteiger partial charge in [0.1, 0.15) is 17.5 Å². The van der Waals surface area contributed by atoms with Crippen LogP contribution in [0.4, 0.5) is 0 Å². The van der Waals surface area contributed by atoms with Gasteiger partial charge in [-0.25, -0.2) is 0 Å². The van der Waals surface area contributed by atoms with E-state index in [-0.39, 0.29) is 25.0 Å². The zero-order chi connectivity index (χ0) is 23.0. The van der Waals surface area contributed by atoms with Crippen LogP contribution in [-0.4, -0.2) is 42.0 Å². The number of hydrogen-bond donors (Lipinski definition) is 1. The van der Waals surface area contributed by atoms with Crippen molar-refractivity contribution >= 4 is 23.4 Å². The molecule has 0 spiro atoms.